The Bertz CT molecular complexity index is 564. The van der Waals surface area contributed by atoms with Crippen molar-refractivity contribution >= 4 is 15.7 Å². The van der Waals surface area contributed by atoms with Gasteiger partial charge in [0.1, 0.15) is 0 Å². The van der Waals surface area contributed by atoms with Crippen LogP contribution in [0.2, 0.25) is 0 Å². The van der Waals surface area contributed by atoms with Gasteiger partial charge in [-0.3, -0.25) is 0 Å². The van der Waals surface area contributed by atoms with Crippen LogP contribution in [0.1, 0.15) is 18.9 Å². The molecule has 0 aromatic heterocycles. The second kappa shape index (κ2) is 5.12. The molecule has 0 saturated heterocycles. The number of anilines is 1. The standard InChI is InChI=1S/C13H18N2O2S/c1-11-5-7-15(8-6-11)18(16,17)10-12-3-2-4-13(14)9-12/h2-5,9H,6-8,10,14H2,1H3. The second-order valence-corrected chi connectivity index (χ2v) is 6.63. The lowest BCUT2D eigenvalue weighted by atomic mass is 10.1. The second-order valence-electron chi connectivity index (χ2n) is 4.66. The van der Waals surface area contributed by atoms with Gasteiger partial charge in [0.05, 0.1) is 5.75 Å². The van der Waals surface area contributed by atoms with E-state index in [1.54, 1.807) is 24.3 Å². The molecule has 0 unspecified atom stereocenters. The van der Waals surface area contributed by atoms with Crippen molar-refractivity contribution in [2.24, 2.45) is 0 Å². The highest BCUT2D eigenvalue weighted by Crippen LogP contribution is 2.18. The number of hydrogen-bond acceptors (Lipinski definition) is 3. The molecule has 0 fully saturated rings. The zero-order chi connectivity index (χ0) is 13.2. The van der Waals surface area contributed by atoms with Crippen molar-refractivity contribution in [2.45, 2.75) is 19.1 Å². The minimum atomic E-state index is -3.24. The van der Waals surface area contributed by atoms with Crippen molar-refractivity contribution in [2.75, 3.05) is 18.8 Å². The fourth-order valence-electron chi connectivity index (χ4n) is 1.99. The number of hydrogen-bond donors (Lipinski definition) is 1. The van der Waals surface area contributed by atoms with Gasteiger partial charge in [0, 0.05) is 18.8 Å². The van der Waals surface area contributed by atoms with E-state index >= 15 is 0 Å². The van der Waals surface area contributed by atoms with Gasteiger partial charge in [-0.1, -0.05) is 23.8 Å². The molecule has 2 N–H and O–H groups in total. The monoisotopic (exact) mass is 266 g/mol. The van der Waals surface area contributed by atoms with Crippen LogP contribution in [-0.2, 0) is 15.8 Å². The van der Waals surface area contributed by atoms with Gasteiger partial charge < -0.3 is 5.73 Å². The summed E-state index contributed by atoms with van der Waals surface area (Å²) in [6.45, 7) is 3.09. The van der Waals surface area contributed by atoms with Gasteiger partial charge in [-0.2, -0.15) is 4.31 Å². The van der Waals surface area contributed by atoms with Gasteiger partial charge in [0.2, 0.25) is 10.0 Å². The van der Waals surface area contributed by atoms with Crippen LogP contribution >= 0.6 is 0 Å². The molecule has 1 heterocycles. The Hall–Kier alpha value is -1.33. The van der Waals surface area contributed by atoms with Crippen LogP contribution in [0.25, 0.3) is 0 Å². The lowest BCUT2D eigenvalue weighted by molar-refractivity contribution is 0.430. The largest absolute Gasteiger partial charge is 0.399 e. The third kappa shape index (κ3) is 3.11. The van der Waals surface area contributed by atoms with Crippen molar-refractivity contribution < 1.29 is 8.42 Å². The predicted molar refractivity (Wildman–Crippen MR) is 73.4 cm³/mol. The molecule has 1 aromatic rings. The summed E-state index contributed by atoms with van der Waals surface area (Å²) in [4.78, 5) is 0. The molecule has 1 aromatic carbocycles. The molecular formula is C13H18N2O2S. The summed E-state index contributed by atoms with van der Waals surface area (Å²) in [5.74, 6) is 0.0188. The van der Waals surface area contributed by atoms with Gasteiger partial charge in [0.15, 0.2) is 0 Å². The van der Waals surface area contributed by atoms with Crippen LogP contribution in [0.5, 0.6) is 0 Å². The lowest BCUT2D eigenvalue weighted by Crippen LogP contribution is -2.35. The third-order valence-corrected chi connectivity index (χ3v) is 4.91. The van der Waals surface area contributed by atoms with E-state index in [-0.39, 0.29) is 5.75 Å². The summed E-state index contributed by atoms with van der Waals surface area (Å²) < 4.78 is 26.0. The summed E-state index contributed by atoms with van der Waals surface area (Å²) in [5, 5.41) is 0. The molecule has 98 valence electrons. The molecule has 0 atom stereocenters. The molecule has 4 nitrogen and oxygen atoms in total. The molecule has 0 saturated carbocycles. The van der Waals surface area contributed by atoms with E-state index < -0.39 is 10.0 Å². The minimum absolute atomic E-state index is 0.0188. The lowest BCUT2D eigenvalue weighted by Gasteiger charge is -2.24. The summed E-state index contributed by atoms with van der Waals surface area (Å²) in [6.07, 6.45) is 2.79. The number of nitrogens with zero attached hydrogens (tertiary/aromatic N) is 1. The van der Waals surface area contributed by atoms with Crippen molar-refractivity contribution in [3.8, 4) is 0 Å². The van der Waals surface area contributed by atoms with Crippen LogP contribution < -0.4 is 5.73 Å². The summed E-state index contributed by atoms with van der Waals surface area (Å²) in [5.41, 5.74) is 8.24. The molecule has 0 aliphatic carbocycles. The number of benzene rings is 1. The van der Waals surface area contributed by atoms with Crippen LogP contribution in [-0.4, -0.2) is 25.8 Å². The zero-order valence-electron chi connectivity index (χ0n) is 10.5. The summed E-state index contributed by atoms with van der Waals surface area (Å²) in [6, 6.07) is 7.03. The molecule has 0 amide bonds. The molecule has 1 aliphatic rings. The van der Waals surface area contributed by atoms with E-state index in [0.717, 1.165) is 12.0 Å². The molecule has 5 heteroatoms. The molecule has 2 rings (SSSR count). The molecule has 1 aliphatic heterocycles. The molecule has 18 heavy (non-hydrogen) atoms. The van der Waals surface area contributed by atoms with Crippen LogP contribution in [0.4, 0.5) is 5.69 Å². The highest BCUT2D eigenvalue weighted by Gasteiger charge is 2.23. The van der Waals surface area contributed by atoms with Gasteiger partial charge >= 0.3 is 0 Å². The Kier molecular flexibility index (Phi) is 3.73. The SMILES string of the molecule is CC1=CCN(S(=O)(=O)Cc2cccc(N)c2)CC1. The zero-order valence-corrected chi connectivity index (χ0v) is 11.3. The highest BCUT2D eigenvalue weighted by molar-refractivity contribution is 7.88. The quantitative estimate of drug-likeness (QED) is 0.669. The van der Waals surface area contributed by atoms with E-state index in [1.807, 2.05) is 13.0 Å². The van der Waals surface area contributed by atoms with Crippen LogP contribution in [0, 0.1) is 0 Å². The molecular weight excluding hydrogens is 248 g/mol. The van der Waals surface area contributed by atoms with Gasteiger partial charge in [0.25, 0.3) is 0 Å². The van der Waals surface area contributed by atoms with E-state index in [4.69, 9.17) is 5.73 Å². The first-order valence-corrected chi connectivity index (χ1v) is 7.56. The van der Waals surface area contributed by atoms with Crippen molar-refractivity contribution in [1.82, 2.24) is 4.31 Å². The fourth-order valence-corrected chi connectivity index (χ4v) is 3.44. The maximum Gasteiger partial charge on any atom is 0.218 e. The summed E-state index contributed by atoms with van der Waals surface area (Å²) >= 11 is 0. The Labute approximate surface area is 108 Å². The normalized spacial score (nSPS) is 17.5. The fraction of sp³-hybridized carbons (Fsp3) is 0.385. The first-order chi connectivity index (χ1) is 8.47. The topological polar surface area (TPSA) is 63.4 Å². The molecule has 0 bridgehead atoms. The van der Waals surface area contributed by atoms with E-state index in [9.17, 15) is 8.42 Å². The van der Waals surface area contributed by atoms with Gasteiger partial charge in [-0.15, -0.1) is 0 Å². The van der Waals surface area contributed by atoms with Crippen LogP contribution in [0.3, 0.4) is 0 Å². The van der Waals surface area contributed by atoms with E-state index in [1.165, 1.54) is 9.88 Å². The molecule has 0 spiro atoms. The molecule has 0 radical (unpaired) electrons. The number of nitrogen functional groups attached to an aromatic ring is 1. The van der Waals surface area contributed by atoms with Crippen LogP contribution in [0.15, 0.2) is 35.9 Å². The average Bonchev–Trinajstić information content (AvgIpc) is 2.29. The summed E-state index contributed by atoms with van der Waals surface area (Å²) in [7, 11) is -3.24. The minimum Gasteiger partial charge on any atom is -0.399 e. The Morgan fingerprint density at radius 3 is 2.78 bits per heavy atom. The number of nitrogens with two attached hydrogens (primary N) is 1. The smallest absolute Gasteiger partial charge is 0.218 e. The van der Waals surface area contributed by atoms with Crippen molar-refractivity contribution in [3.05, 3.63) is 41.5 Å². The van der Waals surface area contributed by atoms with E-state index in [2.05, 4.69) is 0 Å². The Balaban J connectivity index is 2.13. The number of sulfonamides is 1. The Morgan fingerprint density at radius 2 is 2.17 bits per heavy atom. The van der Waals surface area contributed by atoms with Crippen molar-refractivity contribution in [1.29, 1.82) is 0 Å². The first kappa shape index (κ1) is 13.1. The Morgan fingerprint density at radius 1 is 1.39 bits per heavy atom. The van der Waals surface area contributed by atoms with Gasteiger partial charge in [-0.25, -0.2) is 8.42 Å². The first-order valence-electron chi connectivity index (χ1n) is 5.95. The third-order valence-electron chi connectivity index (χ3n) is 3.09. The number of rotatable bonds is 3. The maximum atomic E-state index is 12.2. The average molecular weight is 266 g/mol. The maximum absolute atomic E-state index is 12.2. The highest BCUT2D eigenvalue weighted by atomic mass is 32.2. The van der Waals surface area contributed by atoms with Crippen molar-refractivity contribution in [3.63, 3.8) is 0 Å². The van der Waals surface area contributed by atoms with E-state index in [0.29, 0.717) is 18.8 Å². The predicted octanol–water partition coefficient (Wildman–Crippen LogP) is 1.75. The van der Waals surface area contributed by atoms with Gasteiger partial charge in [-0.05, 0) is 31.0 Å².